The molecule has 25 heavy (non-hydrogen) atoms. The molecule has 1 aliphatic rings. The third-order valence-electron chi connectivity index (χ3n) is 4.06. The van der Waals surface area contributed by atoms with Gasteiger partial charge in [-0.3, -0.25) is 4.79 Å². The van der Waals surface area contributed by atoms with Crippen molar-refractivity contribution >= 4 is 29.2 Å². The summed E-state index contributed by atoms with van der Waals surface area (Å²) in [7, 11) is 0. The van der Waals surface area contributed by atoms with Gasteiger partial charge in [0.1, 0.15) is 5.75 Å². The predicted molar refractivity (Wildman–Crippen MR) is 84.7 cm³/mol. The van der Waals surface area contributed by atoms with Crippen LogP contribution < -0.4 is 10.1 Å². The zero-order chi connectivity index (χ0) is 18.6. The van der Waals surface area contributed by atoms with Gasteiger partial charge in [-0.15, -0.1) is 0 Å². The molecule has 2 N–H and O–H groups in total. The summed E-state index contributed by atoms with van der Waals surface area (Å²) in [5.74, 6) is -3.67. The molecule has 138 valence electrons. The number of hydrogen-bond acceptors (Lipinski definition) is 3. The maximum atomic E-state index is 12.8. The summed E-state index contributed by atoms with van der Waals surface area (Å²) in [4.78, 5) is 22.7. The second-order valence-corrected chi connectivity index (χ2v) is 6.33. The Hall–Kier alpha value is -1.96. The van der Waals surface area contributed by atoms with E-state index in [4.69, 9.17) is 21.4 Å². The highest BCUT2D eigenvalue weighted by molar-refractivity contribution is 6.32. The second kappa shape index (κ2) is 7.95. The van der Waals surface area contributed by atoms with Crippen molar-refractivity contribution in [1.82, 2.24) is 0 Å². The highest BCUT2D eigenvalue weighted by Gasteiger charge is 2.43. The van der Waals surface area contributed by atoms with Crippen LogP contribution in [0.25, 0.3) is 0 Å². The Morgan fingerprint density at radius 2 is 2.04 bits per heavy atom. The molecule has 2 rings (SSSR count). The van der Waals surface area contributed by atoms with Gasteiger partial charge in [0, 0.05) is 11.6 Å². The molecule has 0 spiro atoms. The van der Waals surface area contributed by atoms with E-state index in [1.54, 1.807) is 0 Å². The van der Waals surface area contributed by atoms with Crippen LogP contribution in [0.15, 0.2) is 18.2 Å². The lowest BCUT2D eigenvalue weighted by Crippen LogP contribution is -2.34. The number of alkyl halides is 3. The summed E-state index contributed by atoms with van der Waals surface area (Å²) in [6.07, 6.45) is -3.69. The average molecular weight is 380 g/mol. The van der Waals surface area contributed by atoms with Crippen LogP contribution in [0.4, 0.5) is 18.9 Å². The van der Waals surface area contributed by atoms with E-state index in [1.165, 1.54) is 18.2 Å². The molecule has 1 aromatic carbocycles. The third-order valence-corrected chi connectivity index (χ3v) is 4.35. The van der Waals surface area contributed by atoms with Crippen molar-refractivity contribution in [3.63, 3.8) is 0 Å². The normalized spacial score (nSPS) is 20.8. The lowest BCUT2D eigenvalue weighted by atomic mass is 9.80. The largest absolute Gasteiger partial charge is 0.480 e. The minimum Gasteiger partial charge on any atom is -0.480 e. The van der Waals surface area contributed by atoms with Crippen LogP contribution in [0.2, 0.25) is 5.02 Å². The SMILES string of the molecule is O=C(O)COc1ccc(NC(=O)C2CCCC(C(F)(F)F)C2)cc1Cl. The van der Waals surface area contributed by atoms with Gasteiger partial charge < -0.3 is 15.2 Å². The first-order chi connectivity index (χ1) is 11.7. The van der Waals surface area contributed by atoms with Crippen molar-refractivity contribution in [1.29, 1.82) is 0 Å². The van der Waals surface area contributed by atoms with Gasteiger partial charge in [-0.2, -0.15) is 13.2 Å². The Kier molecular flexibility index (Phi) is 6.16. The Labute approximate surface area is 147 Å². The number of hydrogen-bond donors (Lipinski definition) is 2. The number of carbonyl (C=O) groups excluding carboxylic acids is 1. The van der Waals surface area contributed by atoms with E-state index in [9.17, 15) is 22.8 Å². The highest BCUT2D eigenvalue weighted by atomic mass is 35.5. The van der Waals surface area contributed by atoms with E-state index in [0.717, 1.165) is 0 Å². The van der Waals surface area contributed by atoms with Gasteiger partial charge in [-0.05, 0) is 37.5 Å². The minimum absolute atomic E-state index is 0.0503. The van der Waals surface area contributed by atoms with Crippen LogP contribution in [0.1, 0.15) is 25.7 Å². The summed E-state index contributed by atoms with van der Waals surface area (Å²) in [5, 5.41) is 11.2. The molecule has 0 heterocycles. The number of carboxylic acids is 1. The van der Waals surface area contributed by atoms with Gasteiger partial charge in [0.15, 0.2) is 6.61 Å². The van der Waals surface area contributed by atoms with Crippen LogP contribution in [0, 0.1) is 11.8 Å². The molecule has 1 amide bonds. The molecule has 1 aliphatic carbocycles. The Balaban J connectivity index is 1.98. The van der Waals surface area contributed by atoms with Crippen molar-refractivity contribution in [2.75, 3.05) is 11.9 Å². The topological polar surface area (TPSA) is 75.6 Å². The highest BCUT2D eigenvalue weighted by Crippen LogP contribution is 2.40. The Bertz CT molecular complexity index is 651. The maximum Gasteiger partial charge on any atom is 0.391 e. The van der Waals surface area contributed by atoms with Crippen molar-refractivity contribution in [3.05, 3.63) is 23.2 Å². The fraction of sp³-hybridized carbons (Fsp3) is 0.500. The number of anilines is 1. The van der Waals surface area contributed by atoms with E-state index in [0.29, 0.717) is 18.5 Å². The maximum absolute atomic E-state index is 12.8. The van der Waals surface area contributed by atoms with Gasteiger partial charge in [0.05, 0.1) is 10.9 Å². The van der Waals surface area contributed by atoms with E-state index in [-0.39, 0.29) is 23.6 Å². The molecule has 0 bridgehead atoms. The van der Waals surface area contributed by atoms with E-state index in [2.05, 4.69) is 5.32 Å². The number of halogens is 4. The molecular formula is C16H17ClF3NO4. The number of carbonyl (C=O) groups is 2. The van der Waals surface area contributed by atoms with Gasteiger partial charge in [0.2, 0.25) is 5.91 Å². The summed E-state index contributed by atoms with van der Waals surface area (Å²) in [5.41, 5.74) is 0.312. The smallest absolute Gasteiger partial charge is 0.391 e. The summed E-state index contributed by atoms with van der Waals surface area (Å²) >= 11 is 5.95. The number of ether oxygens (including phenoxy) is 1. The van der Waals surface area contributed by atoms with Crippen LogP contribution in [0.5, 0.6) is 5.75 Å². The standard InChI is InChI=1S/C16H17ClF3NO4/c17-12-7-11(4-5-13(12)25-8-14(22)23)21-15(24)9-2-1-3-10(6-9)16(18,19)20/h4-5,7,9-10H,1-3,6,8H2,(H,21,24)(H,22,23). The summed E-state index contributed by atoms with van der Waals surface area (Å²) in [6.45, 7) is -0.563. The number of nitrogens with one attached hydrogen (secondary N) is 1. The first-order valence-electron chi connectivity index (χ1n) is 7.68. The van der Waals surface area contributed by atoms with Crippen molar-refractivity contribution in [2.45, 2.75) is 31.9 Å². The zero-order valence-electron chi connectivity index (χ0n) is 13.1. The van der Waals surface area contributed by atoms with Crippen LogP contribution in [0.3, 0.4) is 0 Å². The third kappa shape index (κ3) is 5.52. The zero-order valence-corrected chi connectivity index (χ0v) is 13.9. The molecule has 1 aromatic rings. The van der Waals surface area contributed by atoms with Gasteiger partial charge in [-0.1, -0.05) is 18.0 Å². The molecule has 5 nitrogen and oxygen atoms in total. The molecule has 2 atom stereocenters. The number of rotatable bonds is 5. The molecule has 2 unspecified atom stereocenters. The monoisotopic (exact) mass is 379 g/mol. The summed E-state index contributed by atoms with van der Waals surface area (Å²) < 4.78 is 43.4. The van der Waals surface area contributed by atoms with E-state index >= 15 is 0 Å². The quantitative estimate of drug-likeness (QED) is 0.807. The molecule has 0 aromatic heterocycles. The number of amides is 1. The van der Waals surface area contributed by atoms with Crippen LogP contribution >= 0.6 is 11.6 Å². The van der Waals surface area contributed by atoms with E-state index in [1.807, 2.05) is 0 Å². The van der Waals surface area contributed by atoms with Crippen LogP contribution in [-0.4, -0.2) is 29.8 Å². The lowest BCUT2D eigenvalue weighted by molar-refractivity contribution is -0.185. The van der Waals surface area contributed by atoms with Crippen LogP contribution in [-0.2, 0) is 9.59 Å². The first kappa shape index (κ1) is 19.4. The van der Waals surface area contributed by atoms with Crippen molar-refractivity contribution in [2.24, 2.45) is 11.8 Å². The summed E-state index contributed by atoms with van der Waals surface area (Å²) in [6, 6.07) is 4.20. The number of aliphatic carboxylic acids is 1. The molecule has 0 saturated heterocycles. The molecule has 1 saturated carbocycles. The predicted octanol–water partition coefficient (Wildman–Crippen LogP) is 4.11. The number of benzene rings is 1. The first-order valence-corrected chi connectivity index (χ1v) is 8.06. The Morgan fingerprint density at radius 1 is 1.32 bits per heavy atom. The average Bonchev–Trinajstić information content (AvgIpc) is 2.53. The fourth-order valence-corrected chi connectivity index (χ4v) is 3.04. The second-order valence-electron chi connectivity index (χ2n) is 5.92. The Morgan fingerprint density at radius 3 is 2.64 bits per heavy atom. The van der Waals surface area contributed by atoms with Gasteiger partial charge in [0.25, 0.3) is 0 Å². The fourth-order valence-electron chi connectivity index (χ4n) is 2.80. The molecule has 0 aliphatic heterocycles. The molecule has 9 heteroatoms. The molecule has 1 fully saturated rings. The molecule has 0 radical (unpaired) electrons. The van der Waals surface area contributed by atoms with Crippen molar-refractivity contribution < 1.29 is 32.6 Å². The number of carboxylic acid groups (broad SMARTS) is 1. The van der Waals surface area contributed by atoms with Gasteiger partial charge in [-0.25, -0.2) is 4.79 Å². The minimum atomic E-state index is -4.29. The lowest BCUT2D eigenvalue weighted by Gasteiger charge is -2.29. The molecular weight excluding hydrogens is 363 g/mol. The van der Waals surface area contributed by atoms with Gasteiger partial charge >= 0.3 is 12.1 Å². The van der Waals surface area contributed by atoms with Crippen molar-refractivity contribution in [3.8, 4) is 5.75 Å². The van der Waals surface area contributed by atoms with E-state index < -0.39 is 36.5 Å².